The molecular weight excluding hydrogens is 415 g/mol. The third kappa shape index (κ3) is 6.08. The van der Waals surface area contributed by atoms with Crippen LogP contribution < -0.4 is 5.32 Å². The van der Waals surface area contributed by atoms with E-state index in [9.17, 15) is 9.18 Å². The molecule has 33 heavy (non-hydrogen) atoms. The molecule has 1 fully saturated rings. The minimum absolute atomic E-state index is 0.243. The topological polar surface area (TPSA) is 41.6 Å². The number of carbonyl (C=O) groups excluding carboxylic acids is 1. The fourth-order valence-corrected chi connectivity index (χ4v) is 4.30. The van der Waals surface area contributed by atoms with Crippen molar-refractivity contribution in [3.8, 4) is 0 Å². The van der Waals surface area contributed by atoms with Crippen LogP contribution in [0.25, 0.3) is 5.57 Å². The molecule has 3 aromatic carbocycles. The van der Waals surface area contributed by atoms with Gasteiger partial charge in [0, 0.05) is 25.3 Å². The average Bonchev–Trinajstić information content (AvgIpc) is 2.82. The van der Waals surface area contributed by atoms with Crippen LogP contribution in [0.4, 0.5) is 14.9 Å². The highest BCUT2D eigenvalue weighted by Crippen LogP contribution is 2.33. The number of nitrogens with one attached hydrogen (secondary N) is 1. The summed E-state index contributed by atoms with van der Waals surface area (Å²) >= 11 is 0. The summed E-state index contributed by atoms with van der Waals surface area (Å²) in [6, 6.07) is 25.0. The number of ether oxygens (including phenoxy) is 1. The van der Waals surface area contributed by atoms with Crippen molar-refractivity contribution in [2.75, 3.05) is 25.0 Å². The zero-order chi connectivity index (χ0) is 23.0. The van der Waals surface area contributed by atoms with Gasteiger partial charge < -0.3 is 4.74 Å². The van der Waals surface area contributed by atoms with Crippen molar-refractivity contribution in [1.82, 2.24) is 4.90 Å². The summed E-state index contributed by atoms with van der Waals surface area (Å²) in [5.74, 6) is -0.243. The Morgan fingerprint density at radius 2 is 1.67 bits per heavy atom. The second kappa shape index (κ2) is 10.9. The molecule has 1 heterocycles. The van der Waals surface area contributed by atoms with Crippen LogP contribution in [-0.2, 0) is 11.3 Å². The van der Waals surface area contributed by atoms with Crippen molar-refractivity contribution in [3.05, 3.63) is 107 Å². The molecule has 0 atom stereocenters. The molecule has 0 unspecified atom stereocenters. The Morgan fingerprint density at radius 1 is 0.939 bits per heavy atom. The van der Waals surface area contributed by atoms with Gasteiger partial charge in [-0.15, -0.1) is 0 Å². The Bertz CT molecular complexity index is 1100. The van der Waals surface area contributed by atoms with Crippen LogP contribution in [0.3, 0.4) is 0 Å². The normalized spacial score (nSPS) is 14.1. The molecule has 170 valence electrons. The number of anilines is 1. The zero-order valence-corrected chi connectivity index (χ0v) is 18.9. The van der Waals surface area contributed by atoms with Gasteiger partial charge in [0.15, 0.2) is 0 Å². The number of amides is 1. The number of benzene rings is 3. The molecule has 3 aromatic rings. The smallest absolute Gasteiger partial charge is 0.411 e. The summed E-state index contributed by atoms with van der Waals surface area (Å²) in [5.41, 5.74) is 6.29. The van der Waals surface area contributed by atoms with E-state index in [-0.39, 0.29) is 5.82 Å². The standard InChI is InChI=1S/C28H29FN2O2/c1-2-33-28(32)30-26-13-11-22(12-14-26)27(24-9-6-10-25(29)19-24)23-15-17-31(18-16-23)20-21-7-4-3-5-8-21/h3-14,19H,2,15-18,20H2,1H3,(H,30,32). The van der Waals surface area contributed by atoms with E-state index in [0.29, 0.717) is 12.3 Å². The predicted molar refractivity (Wildman–Crippen MR) is 130 cm³/mol. The maximum Gasteiger partial charge on any atom is 0.411 e. The molecule has 4 nitrogen and oxygen atoms in total. The highest BCUT2D eigenvalue weighted by Gasteiger charge is 2.19. The minimum atomic E-state index is -0.472. The van der Waals surface area contributed by atoms with Crippen LogP contribution in [0.5, 0.6) is 0 Å². The van der Waals surface area contributed by atoms with Crippen LogP contribution in [0.1, 0.15) is 36.5 Å². The van der Waals surface area contributed by atoms with Gasteiger partial charge in [-0.05, 0) is 66.3 Å². The molecule has 1 aliphatic rings. The lowest BCUT2D eigenvalue weighted by Crippen LogP contribution is -2.30. The van der Waals surface area contributed by atoms with E-state index < -0.39 is 6.09 Å². The molecule has 0 aromatic heterocycles. The Balaban J connectivity index is 1.57. The van der Waals surface area contributed by atoms with Crippen LogP contribution in [-0.4, -0.2) is 30.7 Å². The second-order valence-corrected chi connectivity index (χ2v) is 8.17. The van der Waals surface area contributed by atoms with E-state index in [1.54, 1.807) is 19.1 Å². The third-order valence-corrected chi connectivity index (χ3v) is 5.87. The maximum absolute atomic E-state index is 14.1. The lowest BCUT2D eigenvalue weighted by molar-refractivity contribution is 0.168. The molecule has 0 aliphatic carbocycles. The highest BCUT2D eigenvalue weighted by molar-refractivity contribution is 5.86. The third-order valence-electron chi connectivity index (χ3n) is 5.87. The molecule has 1 aliphatic heterocycles. The van der Waals surface area contributed by atoms with E-state index in [1.807, 2.05) is 36.4 Å². The van der Waals surface area contributed by atoms with Crippen molar-refractivity contribution >= 4 is 17.4 Å². The summed E-state index contributed by atoms with van der Waals surface area (Å²) in [7, 11) is 0. The Morgan fingerprint density at radius 3 is 2.33 bits per heavy atom. The van der Waals surface area contributed by atoms with E-state index in [4.69, 9.17) is 4.74 Å². The van der Waals surface area contributed by atoms with Gasteiger partial charge in [0.25, 0.3) is 0 Å². The number of carbonyl (C=O) groups is 1. The van der Waals surface area contributed by atoms with E-state index >= 15 is 0 Å². The maximum atomic E-state index is 14.1. The Kier molecular flexibility index (Phi) is 7.53. The highest BCUT2D eigenvalue weighted by atomic mass is 19.1. The molecule has 0 saturated carbocycles. The lowest BCUT2D eigenvalue weighted by atomic mass is 9.88. The van der Waals surface area contributed by atoms with Crippen LogP contribution in [0, 0.1) is 5.82 Å². The zero-order valence-electron chi connectivity index (χ0n) is 18.9. The van der Waals surface area contributed by atoms with Gasteiger partial charge in [0.1, 0.15) is 5.82 Å². The second-order valence-electron chi connectivity index (χ2n) is 8.17. The van der Waals surface area contributed by atoms with E-state index in [2.05, 4.69) is 34.5 Å². The van der Waals surface area contributed by atoms with Crippen molar-refractivity contribution in [1.29, 1.82) is 0 Å². The van der Waals surface area contributed by atoms with Gasteiger partial charge in [0.05, 0.1) is 6.61 Å². The Labute approximate surface area is 194 Å². The SMILES string of the molecule is CCOC(=O)Nc1ccc(C(=C2CCN(Cc3ccccc3)CC2)c2cccc(F)c2)cc1. The summed E-state index contributed by atoms with van der Waals surface area (Å²) in [5, 5.41) is 2.72. The number of halogens is 1. The number of hydrogen-bond acceptors (Lipinski definition) is 3. The monoisotopic (exact) mass is 444 g/mol. The molecular formula is C28H29FN2O2. The number of rotatable bonds is 6. The first kappa shape index (κ1) is 22.7. The van der Waals surface area contributed by atoms with Gasteiger partial charge in [-0.3, -0.25) is 10.2 Å². The van der Waals surface area contributed by atoms with Crippen LogP contribution in [0.15, 0.2) is 84.4 Å². The summed E-state index contributed by atoms with van der Waals surface area (Å²) in [6.45, 7) is 4.96. The summed E-state index contributed by atoms with van der Waals surface area (Å²) < 4.78 is 19.1. The molecule has 0 bridgehead atoms. The van der Waals surface area contributed by atoms with Crippen LogP contribution in [0.2, 0.25) is 0 Å². The Hall–Kier alpha value is -3.44. The molecule has 0 radical (unpaired) electrons. The van der Waals surface area contributed by atoms with E-state index in [0.717, 1.165) is 49.2 Å². The summed E-state index contributed by atoms with van der Waals surface area (Å²) in [4.78, 5) is 14.2. The van der Waals surface area contributed by atoms with Gasteiger partial charge in [0.2, 0.25) is 0 Å². The molecule has 1 saturated heterocycles. The fourth-order valence-electron chi connectivity index (χ4n) is 4.30. The van der Waals surface area contributed by atoms with Crippen molar-refractivity contribution in [3.63, 3.8) is 0 Å². The largest absolute Gasteiger partial charge is 0.450 e. The molecule has 1 amide bonds. The van der Waals surface area contributed by atoms with E-state index in [1.165, 1.54) is 17.2 Å². The van der Waals surface area contributed by atoms with Gasteiger partial charge in [-0.2, -0.15) is 0 Å². The van der Waals surface area contributed by atoms with Crippen molar-refractivity contribution in [2.45, 2.75) is 26.3 Å². The predicted octanol–water partition coefficient (Wildman–Crippen LogP) is 6.49. The first-order chi connectivity index (χ1) is 16.1. The van der Waals surface area contributed by atoms with Gasteiger partial charge in [-0.25, -0.2) is 9.18 Å². The molecule has 1 N–H and O–H groups in total. The number of likely N-dealkylation sites (tertiary alicyclic amines) is 1. The minimum Gasteiger partial charge on any atom is -0.450 e. The van der Waals surface area contributed by atoms with Gasteiger partial charge >= 0.3 is 6.09 Å². The van der Waals surface area contributed by atoms with Crippen molar-refractivity contribution in [2.24, 2.45) is 0 Å². The molecule has 4 rings (SSSR count). The van der Waals surface area contributed by atoms with Gasteiger partial charge in [-0.1, -0.05) is 60.2 Å². The summed E-state index contributed by atoms with van der Waals surface area (Å²) in [6.07, 6.45) is 1.39. The first-order valence-corrected chi connectivity index (χ1v) is 11.4. The fraction of sp³-hybridized carbons (Fsp3) is 0.250. The number of piperidine rings is 1. The average molecular weight is 445 g/mol. The first-order valence-electron chi connectivity index (χ1n) is 11.4. The number of hydrogen-bond donors (Lipinski definition) is 1. The van der Waals surface area contributed by atoms with Crippen LogP contribution >= 0.6 is 0 Å². The number of nitrogens with zero attached hydrogens (tertiary/aromatic N) is 1. The quantitative estimate of drug-likeness (QED) is 0.472. The molecule has 0 spiro atoms. The van der Waals surface area contributed by atoms with Crippen molar-refractivity contribution < 1.29 is 13.9 Å². The lowest BCUT2D eigenvalue weighted by Gasteiger charge is -2.30. The molecule has 5 heteroatoms.